The van der Waals surface area contributed by atoms with E-state index >= 15 is 0 Å². The largest absolute Gasteiger partial charge is 0.392 e. The molecular formula is C18H19N5O3S. The highest BCUT2D eigenvalue weighted by Crippen LogP contribution is 2.24. The molecule has 0 bridgehead atoms. The Hall–Kier alpha value is -3.04. The average Bonchev–Trinajstić information content (AvgIpc) is 3.03. The molecule has 5 N–H and O–H groups in total. The summed E-state index contributed by atoms with van der Waals surface area (Å²) in [5.74, 6) is -0.831. The maximum Gasteiger partial charge on any atom is 0.270 e. The van der Waals surface area contributed by atoms with Crippen molar-refractivity contribution in [2.24, 2.45) is 0 Å². The van der Waals surface area contributed by atoms with Crippen LogP contribution < -0.4 is 16.4 Å². The number of hydrogen-bond acceptors (Lipinski definition) is 7. The molecule has 3 rings (SSSR count). The summed E-state index contributed by atoms with van der Waals surface area (Å²) in [6.07, 6.45) is -0.660. The first-order chi connectivity index (χ1) is 12.9. The first-order valence-corrected chi connectivity index (χ1v) is 9.10. The number of thiazole rings is 1. The number of aliphatic hydroxyl groups is 1. The standard InChI is InChI=1S/C18H19N5O3S/c1-10(24)8-20-16(25)13-3-2-4-14(22-13)17(26)21-9-11-5-6-12-15(7-11)27-18(19)23-12/h2-7,10,24H,8-9H2,1H3,(H2,19,23)(H,20,25)(H,21,26). The fourth-order valence-corrected chi connectivity index (χ4v) is 3.19. The molecule has 1 aromatic carbocycles. The van der Waals surface area contributed by atoms with Crippen molar-refractivity contribution in [2.75, 3.05) is 12.3 Å². The molecule has 0 fully saturated rings. The van der Waals surface area contributed by atoms with Crippen LogP contribution in [0.2, 0.25) is 0 Å². The van der Waals surface area contributed by atoms with Gasteiger partial charge in [0.05, 0.1) is 16.3 Å². The number of aromatic nitrogens is 2. The number of nitrogens with one attached hydrogen (secondary N) is 2. The maximum atomic E-state index is 12.4. The number of aliphatic hydroxyl groups excluding tert-OH is 1. The van der Waals surface area contributed by atoms with Gasteiger partial charge in [0, 0.05) is 13.1 Å². The molecule has 8 nitrogen and oxygen atoms in total. The van der Waals surface area contributed by atoms with E-state index in [9.17, 15) is 14.7 Å². The van der Waals surface area contributed by atoms with Crippen LogP contribution in [0.4, 0.5) is 5.13 Å². The Morgan fingerprint density at radius 3 is 2.56 bits per heavy atom. The maximum absolute atomic E-state index is 12.4. The molecule has 9 heteroatoms. The van der Waals surface area contributed by atoms with Crippen molar-refractivity contribution in [3.05, 3.63) is 53.3 Å². The zero-order chi connectivity index (χ0) is 19.4. The summed E-state index contributed by atoms with van der Waals surface area (Å²) in [5.41, 5.74) is 7.69. The third-order valence-electron chi connectivity index (χ3n) is 3.69. The SMILES string of the molecule is CC(O)CNC(=O)c1cccc(C(=O)NCc2ccc3nc(N)sc3c2)n1. The van der Waals surface area contributed by atoms with Crippen molar-refractivity contribution in [3.63, 3.8) is 0 Å². The number of carbonyl (C=O) groups excluding carboxylic acids is 2. The minimum Gasteiger partial charge on any atom is -0.392 e. The van der Waals surface area contributed by atoms with Crippen molar-refractivity contribution in [3.8, 4) is 0 Å². The molecule has 2 heterocycles. The third-order valence-corrected chi connectivity index (χ3v) is 4.54. The Kier molecular flexibility index (Phi) is 5.63. The smallest absolute Gasteiger partial charge is 0.270 e. The van der Waals surface area contributed by atoms with Gasteiger partial charge in [-0.2, -0.15) is 0 Å². The number of nitrogens with two attached hydrogens (primary N) is 1. The number of hydrogen-bond donors (Lipinski definition) is 4. The van der Waals surface area contributed by atoms with Crippen LogP contribution in [-0.4, -0.2) is 39.5 Å². The summed E-state index contributed by atoms with van der Waals surface area (Å²) in [6, 6.07) is 10.3. The van der Waals surface area contributed by atoms with Crippen molar-refractivity contribution in [2.45, 2.75) is 19.6 Å². The molecule has 2 amide bonds. The topological polar surface area (TPSA) is 130 Å². The third kappa shape index (κ3) is 4.78. The number of amides is 2. The van der Waals surface area contributed by atoms with Crippen LogP contribution in [0.5, 0.6) is 0 Å². The fourth-order valence-electron chi connectivity index (χ4n) is 2.39. The second-order valence-electron chi connectivity index (χ2n) is 6.00. The minimum absolute atomic E-state index is 0.113. The summed E-state index contributed by atoms with van der Waals surface area (Å²) in [5, 5.41) is 15.1. The second kappa shape index (κ2) is 8.11. The van der Waals surface area contributed by atoms with E-state index in [4.69, 9.17) is 5.73 Å². The highest BCUT2D eigenvalue weighted by molar-refractivity contribution is 7.22. The number of rotatable bonds is 6. The molecule has 0 aliphatic heterocycles. The Morgan fingerprint density at radius 2 is 1.85 bits per heavy atom. The number of benzene rings is 1. The lowest BCUT2D eigenvalue weighted by atomic mass is 10.2. The Morgan fingerprint density at radius 1 is 1.15 bits per heavy atom. The summed E-state index contributed by atoms with van der Waals surface area (Å²) >= 11 is 1.39. The molecular weight excluding hydrogens is 366 g/mol. The minimum atomic E-state index is -0.660. The van der Waals surface area contributed by atoms with E-state index in [1.165, 1.54) is 23.5 Å². The molecule has 0 aliphatic rings. The van der Waals surface area contributed by atoms with Crippen molar-refractivity contribution in [1.82, 2.24) is 20.6 Å². The molecule has 27 heavy (non-hydrogen) atoms. The molecule has 1 atom stereocenters. The Balaban J connectivity index is 1.64. The number of carbonyl (C=O) groups is 2. The lowest BCUT2D eigenvalue weighted by Crippen LogP contribution is -2.32. The predicted molar refractivity (Wildman–Crippen MR) is 103 cm³/mol. The molecule has 1 unspecified atom stereocenters. The van der Waals surface area contributed by atoms with Gasteiger partial charge in [0.2, 0.25) is 0 Å². The first-order valence-electron chi connectivity index (χ1n) is 8.29. The number of nitrogens with zero attached hydrogens (tertiary/aromatic N) is 2. The fraction of sp³-hybridized carbons (Fsp3) is 0.222. The average molecular weight is 385 g/mol. The van der Waals surface area contributed by atoms with Gasteiger partial charge >= 0.3 is 0 Å². The Labute approximate surface area is 159 Å². The van der Waals surface area contributed by atoms with Gasteiger partial charge in [0.25, 0.3) is 11.8 Å². The molecule has 0 spiro atoms. The van der Waals surface area contributed by atoms with Crippen LogP contribution in [0.3, 0.4) is 0 Å². The van der Waals surface area contributed by atoms with Gasteiger partial charge in [-0.05, 0) is 36.8 Å². The van der Waals surface area contributed by atoms with Crippen molar-refractivity contribution >= 4 is 38.5 Å². The highest BCUT2D eigenvalue weighted by atomic mass is 32.1. The normalized spacial score (nSPS) is 11.9. The molecule has 140 valence electrons. The van der Waals surface area contributed by atoms with E-state index in [2.05, 4.69) is 20.6 Å². The molecule has 0 aliphatic carbocycles. The van der Waals surface area contributed by atoms with Crippen LogP contribution in [0.15, 0.2) is 36.4 Å². The van der Waals surface area contributed by atoms with Crippen LogP contribution in [0, 0.1) is 0 Å². The van der Waals surface area contributed by atoms with Crippen molar-refractivity contribution < 1.29 is 14.7 Å². The van der Waals surface area contributed by atoms with E-state index < -0.39 is 12.0 Å². The quantitative estimate of drug-likeness (QED) is 0.506. The van der Waals surface area contributed by atoms with Gasteiger partial charge in [-0.15, -0.1) is 0 Å². The molecule has 3 aromatic rings. The van der Waals surface area contributed by atoms with Crippen LogP contribution in [0.1, 0.15) is 33.5 Å². The first kappa shape index (κ1) is 18.7. The lowest BCUT2D eigenvalue weighted by Gasteiger charge is -2.08. The van der Waals surface area contributed by atoms with Crippen LogP contribution in [-0.2, 0) is 6.54 Å². The molecule has 0 saturated carbocycles. The summed E-state index contributed by atoms with van der Waals surface area (Å²) < 4.78 is 0.953. The highest BCUT2D eigenvalue weighted by Gasteiger charge is 2.13. The Bertz CT molecular complexity index is 986. The summed E-state index contributed by atoms with van der Waals surface area (Å²) in [7, 11) is 0. The van der Waals surface area contributed by atoms with Gasteiger partial charge in [-0.1, -0.05) is 23.5 Å². The zero-order valence-corrected chi connectivity index (χ0v) is 15.4. The molecule has 2 aromatic heterocycles. The van der Waals surface area contributed by atoms with E-state index in [0.29, 0.717) is 11.7 Å². The monoisotopic (exact) mass is 385 g/mol. The summed E-state index contributed by atoms with van der Waals surface area (Å²) in [4.78, 5) is 32.6. The van der Waals surface area contributed by atoms with Crippen LogP contribution >= 0.6 is 11.3 Å². The van der Waals surface area contributed by atoms with E-state index in [0.717, 1.165) is 15.8 Å². The van der Waals surface area contributed by atoms with Gasteiger partial charge in [-0.25, -0.2) is 9.97 Å². The predicted octanol–water partition coefficient (Wildman–Crippen LogP) is 1.31. The van der Waals surface area contributed by atoms with Crippen LogP contribution in [0.25, 0.3) is 10.2 Å². The lowest BCUT2D eigenvalue weighted by molar-refractivity contribution is 0.0918. The van der Waals surface area contributed by atoms with Crippen molar-refractivity contribution in [1.29, 1.82) is 0 Å². The molecule has 0 saturated heterocycles. The second-order valence-corrected chi connectivity index (χ2v) is 7.07. The molecule has 0 radical (unpaired) electrons. The van der Waals surface area contributed by atoms with E-state index in [-0.39, 0.29) is 23.8 Å². The van der Waals surface area contributed by atoms with Gasteiger partial charge in [0.1, 0.15) is 11.4 Å². The van der Waals surface area contributed by atoms with Gasteiger partial charge in [-0.3, -0.25) is 9.59 Å². The number of anilines is 1. The van der Waals surface area contributed by atoms with Gasteiger partial charge in [0.15, 0.2) is 5.13 Å². The van der Waals surface area contributed by atoms with Gasteiger partial charge < -0.3 is 21.5 Å². The number of nitrogen functional groups attached to an aromatic ring is 1. The van der Waals surface area contributed by atoms with E-state index in [1.54, 1.807) is 13.0 Å². The zero-order valence-electron chi connectivity index (χ0n) is 14.6. The number of pyridine rings is 1. The number of fused-ring (bicyclic) bond motifs is 1. The van der Waals surface area contributed by atoms with E-state index in [1.807, 2.05) is 18.2 Å². The summed E-state index contributed by atoms with van der Waals surface area (Å²) in [6.45, 7) is 1.99.